The number of carbonyl (C=O) groups excluding carboxylic acids is 1. The van der Waals surface area contributed by atoms with E-state index in [2.05, 4.69) is 10.0 Å². The summed E-state index contributed by atoms with van der Waals surface area (Å²) < 4.78 is 33.0. The van der Waals surface area contributed by atoms with E-state index in [1.165, 1.54) is 12.1 Å². The lowest BCUT2D eigenvalue weighted by Crippen LogP contribution is -2.33. The second-order valence-corrected chi connectivity index (χ2v) is 7.72. The first-order chi connectivity index (χ1) is 11.2. The van der Waals surface area contributed by atoms with Crippen molar-refractivity contribution in [3.63, 3.8) is 0 Å². The molecule has 1 rings (SSSR count). The molecule has 7 heteroatoms. The van der Waals surface area contributed by atoms with Gasteiger partial charge in [0, 0.05) is 17.6 Å². The Labute approximate surface area is 145 Å². The first-order valence-corrected chi connectivity index (χ1v) is 9.79. The fourth-order valence-corrected chi connectivity index (χ4v) is 3.74. The molecule has 0 aliphatic heterocycles. The molecule has 24 heavy (non-hydrogen) atoms. The fourth-order valence-electron chi connectivity index (χ4n) is 2.32. The summed E-state index contributed by atoms with van der Waals surface area (Å²) in [7, 11) is -3.76. The minimum atomic E-state index is -3.76. The van der Waals surface area contributed by atoms with Gasteiger partial charge in [-0.2, -0.15) is 0 Å². The summed E-state index contributed by atoms with van der Waals surface area (Å²) in [4.78, 5) is 12.3. The zero-order valence-corrected chi connectivity index (χ0v) is 15.9. The van der Waals surface area contributed by atoms with Gasteiger partial charge >= 0.3 is 0 Å². The second kappa shape index (κ2) is 9.03. The third kappa shape index (κ3) is 5.79. The Morgan fingerprint density at radius 3 is 2.42 bits per heavy atom. The molecule has 0 aromatic heterocycles. The van der Waals surface area contributed by atoms with Crippen LogP contribution in [0.1, 0.15) is 57.8 Å². The molecule has 1 atom stereocenters. The van der Waals surface area contributed by atoms with Crippen molar-refractivity contribution in [2.24, 2.45) is 0 Å². The van der Waals surface area contributed by atoms with Crippen molar-refractivity contribution >= 4 is 15.9 Å². The van der Waals surface area contributed by atoms with E-state index in [1.807, 2.05) is 13.8 Å². The molecule has 0 aliphatic rings. The number of ether oxygens (including phenoxy) is 1. The highest BCUT2D eigenvalue weighted by Gasteiger charge is 2.23. The normalized spacial score (nSPS) is 12.9. The van der Waals surface area contributed by atoms with Crippen molar-refractivity contribution in [2.75, 3.05) is 6.61 Å². The van der Waals surface area contributed by atoms with Crippen LogP contribution in [-0.4, -0.2) is 33.0 Å². The Kier molecular flexibility index (Phi) is 7.69. The fraction of sp³-hybridized carbons (Fsp3) is 0.588. The maximum Gasteiger partial charge on any atom is 0.251 e. The van der Waals surface area contributed by atoms with Gasteiger partial charge in [0.05, 0.1) is 6.61 Å². The van der Waals surface area contributed by atoms with E-state index in [1.54, 1.807) is 26.8 Å². The minimum absolute atomic E-state index is 0.0196. The second-order valence-electron chi connectivity index (χ2n) is 6.03. The van der Waals surface area contributed by atoms with Gasteiger partial charge in [0.1, 0.15) is 10.6 Å². The van der Waals surface area contributed by atoms with Crippen molar-refractivity contribution < 1.29 is 17.9 Å². The Morgan fingerprint density at radius 2 is 1.88 bits per heavy atom. The van der Waals surface area contributed by atoms with Crippen LogP contribution in [0.25, 0.3) is 0 Å². The molecule has 0 heterocycles. The first kappa shape index (κ1) is 20.4. The number of hydrogen-bond donors (Lipinski definition) is 2. The third-order valence-corrected chi connectivity index (χ3v) is 4.97. The number of benzene rings is 1. The van der Waals surface area contributed by atoms with E-state index in [4.69, 9.17) is 4.74 Å². The summed E-state index contributed by atoms with van der Waals surface area (Å²) in [6, 6.07) is 4.24. The zero-order valence-electron chi connectivity index (χ0n) is 15.0. The Morgan fingerprint density at radius 1 is 1.21 bits per heavy atom. The molecule has 1 aromatic rings. The molecule has 0 saturated carbocycles. The van der Waals surface area contributed by atoms with Gasteiger partial charge in [-0.05, 0) is 52.3 Å². The molecule has 0 spiro atoms. The molecule has 0 aliphatic carbocycles. The van der Waals surface area contributed by atoms with Crippen molar-refractivity contribution in [1.29, 1.82) is 0 Å². The summed E-state index contributed by atoms with van der Waals surface area (Å²) in [5, 5.41) is 2.87. The topological polar surface area (TPSA) is 84.5 Å². The van der Waals surface area contributed by atoms with E-state index in [-0.39, 0.29) is 28.6 Å². The molecule has 0 unspecified atom stereocenters. The summed E-state index contributed by atoms with van der Waals surface area (Å²) in [6.45, 7) is 9.56. The number of hydrogen-bond acceptors (Lipinski definition) is 4. The van der Waals surface area contributed by atoms with Crippen LogP contribution in [0.2, 0.25) is 0 Å². The third-order valence-electron chi connectivity index (χ3n) is 3.29. The molecule has 2 N–H and O–H groups in total. The van der Waals surface area contributed by atoms with Crippen molar-refractivity contribution in [1.82, 2.24) is 10.0 Å². The summed E-state index contributed by atoms with van der Waals surface area (Å²) in [5.41, 5.74) is 0.297. The molecular weight excluding hydrogens is 328 g/mol. The average molecular weight is 356 g/mol. The molecule has 0 saturated heterocycles. The highest BCUT2D eigenvalue weighted by atomic mass is 32.2. The van der Waals surface area contributed by atoms with Gasteiger partial charge < -0.3 is 10.1 Å². The SMILES string of the molecule is CCC[C@@H](C)NC(=O)c1ccc(OCC)c(S(=O)(=O)NC(C)C)c1. The molecule has 0 radical (unpaired) electrons. The number of carbonyl (C=O) groups is 1. The van der Waals surface area contributed by atoms with Crippen LogP contribution < -0.4 is 14.8 Å². The first-order valence-electron chi connectivity index (χ1n) is 8.31. The monoisotopic (exact) mass is 356 g/mol. The zero-order chi connectivity index (χ0) is 18.3. The number of sulfonamides is 1. The summed E-state index contributed by atoms with van der Waals surface area (Å²) in [6.07, 6.45) is 1.82. The van der Waals surface area contributed by atoms with E-state index in [0.29, 0.717) is 12.2 Å². The van der Waals surface area contributed by atoms with Gasteiger partial charge in [-0.15, -0.1) is 0 Å². The maximum absolute atomic E-state index is 12.5. The van der Waals surface area contributed by atoms with Gasteiger partial charge in [0.15, 0.2) is 0 Å². The van der Waals surface area contributed by atoms with Gasteiger partial charge in [0.25, 0.3) is 5.91 Å². The predicted molar refractivity (Wildman–Crippen MR) is 94.9 cm³/mol. The largest absolute Gasteiger partial charge is 0.492 e. The molecule has 0 fully saturated rings. The lowest BCUT2D eigenvalue weighted by molar-refractivity contribution is 0.0938. The highest BCUT2D eigenvalue weighted by molar-refractivity contribution is 7.89. The lowest BCUT2D eigenvalue weighted by atomic mass is 10.1. The summed E-state index contributed by atoms with van der Waals surface area (Å²) in [5.74, 6) is -0.0520. The smallest absolute Gasteiger partial charge is 0.251 e. The molecule has 1 amide bonds. The highest BCUT2D eigenvalue weighted by Crippen LogP contribution is 2.25. The van der Waals surface area contributed by atoms with Crippen LogP contribution >= 0.6 is 0 Å². The molecular formula is C17H28N2O4S. The Bertz CT molecular complexity index is 657. The van der Waals surface area contributed by atoms with Crippen LogP contribution in [0.15, 0.2) is 23.1 Å². The van der Waals surface area contributed by atoms with Gasteiger partial charge in [-0.1, -0.05) is 13.3 Å². The van der Waals surface area contributed by atoms with Gasteiger partial charge in [-0.25, -0.2) is 13.1 Å². The van der Waals surface area contributed by atoms with Crippen molar-refractivity contribution in [3.05, 3.63) is 23.8 Å². The number of amides is 1. The maximum atomic E-state index is 12.5. The number of rotatable bonds is 9. The van der Waals surface area contributed by atoms with E-state index < -0.39 is 10.0 Å². The van der Waals surface area contributed by atoms with Crippen molar-refractivity contribution in [3.8, 4) is 5.75 Å². The Balaban J connectivity index is 3.19. The van der Waals surface area contributed by atoms with Crippen LogP contribution in [0.3, 0.4) is 0 Å². The molecule has 136 valence electrons. The van der Waals surface area contributed by atoms with E-state index in [0.717, 1.165) is 12.8 Å². The average Bonchev–Trinajstić information content (AvgIpc) is 2.46. The molecule has 1 aromatic carbocycles. The lowest BCUT2D eigenvalue weighted by Gasteiger charge is -2.16. The van der Waals surface area contributed by atoms with Gasteiger partial charge in [0.2, 0.25) is 10.0 Å². The number of nitrogens with one attached hydrogen (secondary N) is 2. The van der Waals surface area contributed by atoms with Crippen LogP contribution in [-0.2, 0) is 10.0 Å². The van der Waals surface area contributed by atoms with Crippen LogP contribution in [0, 0.1) is 0 Å². The van der Waals surface area contributed by atoms with Crippen LogP contribution in [0.4, 0.5) is 0 Å². The quantitative estimate of drug-likeness (QED) is 0.712. The summed E-state index contributed by atoms with van der Waals surface area (Å²) >= 11 is 0. The van der Waals surface area contributed by atoms with E-state index in [9.17, 15) is 13.2 Å². The van der Waals surface area contributed by atoms with Crippen molar-refractivity contribution in [2.45, 2.75) is 64.4 Å². The van der Waals surface area contributed by atoms with Gasteiger partial charge in [-0.3, -0.25) is 4.79 Å². The Hall–Kier alpha value is -1.60. The van der Waals surface area contributed by atoms with Crippen LogP contribution in [0.5, 0.6) is 5.75 Å². The minimum Gasteiger partial charge on any atom is -0.492 e. The molecule has 6 nitrogen and oxygen atoms in total. The molecule has 0 bridgehead atoms. The predicted octanol–water partition coefficient (Wildman–Crippen LogP) is 2.69. The van der Waals surface area contributed by atoms with E-state index >= 15 is 0 Å². The standard InChI is InChI=1S/C17H28N2O4S/c1-6-8-13(5)18-17(20)14-9-10-15(23-7-2)16(11-14)24(21,22)19-12(3)4/h9-13,19H,6-8H2,1-5H3,(H,18,20)/t13-/m1/s1.